The Hall–Kier alpha value is -2.28. The zero-order valence-corrected chi connectivity index (χ0v) is 10.2. The van der Waals surface area contributed by atoms with Crippen LogP contribution in [0.25, 0.3) is 0 Å². The highest BCUT2D eigenvalue weighted by atomic mass is 19.4. The molecule has 2 aromatic rings. The van der Waals surface area contributed by atoms with Gasteiger partial charge in [0, 0.05) is 18.3 Å². The number of hydrogen-bond donors (Lipinski definition) is 1. The SMILES string of the molecule is NCc1cccnc1Oc1ccccc1OC(F)(F)F. The summed E-state index contributed by atoms with van der Waals surface area (Å²) < 4.78 is 46.1. The fourth-order valence-electron chi connectivity index (χ4n) is 1.52. The molecule has 106 valence electrons. The van der Waals surface area contributed by atoms with Gasteiger partial charge in [0.15, 0.2) is 11.5 Å². The lowest BCUT2D eigenvalue weighted by Crippen LogP contribution is -2.17. The second kappa shape index (κ2) is 5.79. The Balaban J connectivity index is 2.29. The van der Waals surface area contributed by atoms with E-state index >= 15 is 0 Å². The minimum absolute atomic E-state index is 0.0850. The molecule has 4 nitrogen and oxygen atoms in total. The van der Waals surface area contributed by atoms with Crippen molar-refractivity contribution in [3.63, 3.8) is 0 Å². The zero-order chi connectivity index (χ0) is 14.6. The zero-order valence-electron chi connectivity index (χ0n) is 10.2. The molecule has 0 saturated carbocycles. The van der Waals surface area contributed by atoms with Gasteiger partial charge in [-0.25, -0.2) is 4.98 Å². The van der Waals surface area contributed by atoms with Crippen LogP contribution in [0.15, 0.2) is 42.6 Å². The maximum atomic E-state index is 12.3. The van der Waals surface area contributed by atoms with Crippen molar-refractivity contribution in [2.24, 2.45) is 5.73 Å². The number of nitrogens with zero attached hydrogens (tertiary/aromatic N) is 1. The molecule has 0 saturated heterocycles. The van der Waals surface area contributed by atoms with Crippen molar-refractivity contribution in [1.82, 2.24) is 4.98 Å². The standard InChI is InChI=1S/C13H11F3N2O2/c14-13(15,16)20-11-6-2-1-5-10(11)19-12-9(8-17)4-3-7-18-12/h1-7H,8,17H2. The molecule has 0 aliphatic carbocycles. The van der Waals surface area contributed by atoms with Crippen molar-refractivity contribution < 1.29 is 22.6 Å². The lowest BCUT2D eigenvalue weighted by molar-refractivity contribution is -0.275. The quantitative estimate of drug-likeness (QED) is 0.936. The summed E-state index contributed by atoms with van der Waals surface area (Å²) in [7, 11) is 0. The highest BCUT2D eigenvalue weighted by Crippen LogP contribution is 2.35. The van der Waals surface area contributed by atoms with E-state index in [1.165, 1.54) is 24.4 Å². The minimum Gasteiger partial charge on any atom is -0.435 e. The molecule has 0 spiro atoms. The second-order valence-corrected chi connectivity index (χ2v) is 3.77. The average molecular weight is 284 g/mol. The number of ether oxygens (including phenoxy) is 2. The molecule has 0 atom stereocenters. The molecule has 20 heavy (non-hydrogen) atoms. The molecule has 7 heteroatoms. The summed E-state index contributed by atoms with van der Waals surface area (Å²) in [5, 5.41) is 0. The number of pyridine rings is 1. The fourth-order valence-corrected chi connectivity index (χ4v) is 1.52. The summed E-state index contributed by atoms with van der Waals surface area (Å²) in [5.41, 5.74) is 6.09. The Kier molecular flexibility index (Phi) is 4.09. The van der Waals surface area contributed by atoms with Gasteiger partial charge in [-0.3, -0.25) is 0 Å². The molecule has 0 amide bonds. The van der Waals surface area contributed by atoms with Gasteiger partial charge in [0.1, 0.15) is 0 Å². The van der Waals surface area contributed by atoms with Crippen molar-refractivity contribution in [3.05, 3.63) is 48.2 Å². The minimum atomic E-state index is -4.79. The van der Waals surface area contributed by atoms with Crippen molar-refractivity contribution >= 4 is 0 Å². The number of rotatable bonds is 4. The monoisotopic (exact) mass is 284 g/mol. The van der Waals surface area contributed by atoms with E-state index in [4.69, 9.17) is 10.5 Å². The van der Waals surface area contributed by atoms with E-state index in [1.54, 1.807) is 12.1 Å². The Morgan fingerprint density at radius 3 is 2.40 bits per heavy atom. The van der Waals surface area contributed by atoms with Crippen LogP contribution in [-0.2, 0) is 6.54 Å². The molecular formula is C13H11F3N2O2. The van der Waals surface area contributed by atoms with E-state index in [1.807, 2.05) is 0 Å². The van der Waals surface area contributed by atoms with Gasteiger partial charge >= 0.3 is 6.36 Å². The third-order valence-corrected chi connectivity index (χ3v) is 2.35. The lowest BCUT2D eigenvalue weighted by Gasteiger charge is -2.14. The van der Waals surface area contributed by atoms with Crippen molar-refractivity contribution in [3.8, 4) is 17.4 Å². The van der Waals surface area contributed by atoms with Crippen LogP contribution in [0.2, 0.25) is 0 Å². The summed E-state index contributed by atoms with van der Waals surface area (Å²) in [6.07, 6.45) is -3.33. The third kappa shape index (κ3) is 3.61. The molecule has 0 fully saturated rings. The fraction of sp³-hybridized carbons (Fsp3) is 0.154. The summed E-state index contributed by atoms with van der Waals surface area (Å²) in [6, 6.07) is 8.80. The van der Waals surface area contributed by atoms with Gasteiger partial charge in [0.2, 0.25) is 5.88 Å². The Morgan fingerprint density at radius 1 is 1.05 bits per heavy atom. The number of nitrogens with two attached hydrogens (primary N) is 1. The number of para-hydroxylation sites is 2. The predicted molar refractivity (Wildman–Crippen MR) is 65.3 cm³/mol. The van der Waals surface area contributed by atoms with E-state index in [0.29, 0.717) is 5.56 Å². The van der Waals surface area contributed by atoms with Crippen LogP contribution in [0, 0.1) is 0 Å². The van der Waals surface area contributed by atoms with Gasteiger partial charge in [-0.15, -0.1) is 13.2 Å². The molecule has 1 aromatic heterocycles. The smallest absolute Gasteiger partial charge is 0.435 e. The van der Waals surface area contributed by atoms with Gasteiger partial charge in [0.05, 0.1) is 0 Å². The van der Waals surface area contributed by atoms with E-state index < -0.39 is 12.1 Å². The average Bonchev–Trinajstić information content (AvgIpc) is 2.40. The first-order valence-electron chi connectivity index (χ1n) is 5.66. The van der Waals surface area contributed by atoms with Gasteiger partial charge in [-0.05, 0) is 18.2 Å². The first-order chi connectivity index (χ1) is 9.49. The van der Waals surface area contributed by atoms with Gasteiger partial charge in [-0.1, -0.05) is 18.2 Å². The Labute approximate surface area is 113 Å². The number of hydrogen-bond acceptors (Lipinski definition) is 4. The molecule has 0 aliphatic rings. The normalized spacial score (nSPS) is 11.2. The molecule has 0 radical (unpaired) electrons. The van der Waals surface area contributed by atoms with E-state index in [2.05, 4.69) is 9.72 Å². The van der Waals surface area contributed by atoms with Crippen LogP contribution in [0.1, 0.15) is 5.56 Å². The molecule has 0 aliphatic heterocycles. The number of alkyl halides is 3. The first-order valence-corrected chi connectivity index (χ1v) is 5.66. The van der Waals surface area contributed by atoms with Crippen LogP contribution in [0.4, 0.5) is 13.2 Å². The number of benzene rings is 1. The summed E-state index contributed by atoms with van der Waals surface area (Å²) in [6.45, 7) is 0.158. The molecule has 1 heterocycles. The van der Waals surface area contributed by atoms with E-state index in [-0.39, 0.29) is 18.2 Å². The van der Waals surface area contributed by atoms with Gasteiger partial charge in [0.25, 0.3) is 0 Å². The van der Waals surface area contributed by atoms with Gasteiger partial charge in [-0.2, -0.15) is 0 Å². The highest BCUT2D eigenvalue weighted by molar-refractivity contribution is 5.42. The molecule has 2 N–H and O–H groups in total. The second-order valence-electron chi connectivity index (χ2n) is 3.77. The topological polar surface area (TPSA) is 57.4 Å². The predicted octanol–water partition coefficient (Wildman–Crippen LogP) is 3.23. The largest absolute Gasteiger partial charge is 0.573 e. The molecule has 2 rings (SSSR count). The summed E-state index contributed by atoms with van der Waals surface area (Å²) in [5.74, 6) is -0.375. The van der Waals surface area contributed by atoms with Crippen LogP contribution >= 0.6 is 0 Å². The summed E-state index contributed by atoms with van der Waals surface area (Å²) >= 11 is 0. The first kappa shape index (κ1) is 14.1. The highest BCUT2D eigenvalue weighted by Gasteiger charge is 2.32. The molecule has 1 aromatic carbocycles. The van der Waals surface area contributed by atoms with Crippen LogP contribution in [0.5, 0.6) is 17.4 Å². The molecule has 0 unspecified atom stereocenters. The Bertz CT molecular complexity index is 588. The number of aromatic nitrogens is 1. The Morgan fingerprint density at radius 2 is 1.75 bits per heavy atom. The number of halogens is 3. The van der Waals surface area contributed by atoms with Crippen LogP contribution in [0.3, 0.4) is 0 Å². The molecule has 0 bridgehead atoms. The van der Waals surface area contributed by atoms with Crippen molar-refractivity contribution in [1.29, 1.82) is 0 Å². The van der Waals surface area contributed by atoms with Crippen molar-refractivity contribution in [2.45, 2.75) is 12.9 Å². The third-order valence-electron chi connectivity index (χ3n) is 2.35. The van der Waals surface area contributed by atoms with Crippen LogP contribution < -0.4 is 15.2 Å². The lowest BCUT2D eigenvalue weighted by atomic mass is 10.2. The maximum absolute atomic E-state index is 12.3. The van der Waals surface area contributed by atoms with E-state index in [9.17, 15) is 13.2 Å². The van der Waals surface area contributed by atoms with E-state index in [0.717, 1.165) is 6.07 Å². The summed E-state index contributed by atoms with van der Waals surface area (Å²) in [4.78, 5) is 3.94. The molecular weight excluding hydrogens is 273 g/mol. The van der Waals surface area contributed by atoms with Crippen molar-refractivity contribution in [2.75, 3.05) is 0 Å². The van der Waals surface area contributed by atoms with Crippen LogP contribution in [-0.4, -0.2) is 11.3 Å². The van der Waals surface area contributed by atoms with Gasteiger partial charge < -0.3 is 15.2 Å². The maximum Gasteiger partial charge on any atom is 0.573 e.